The Balaban J connectivity index is 2.33. The first-order valence-corrected chi connectivity index (χ1v) is 4.62. The minimum Gasteiger partial charge on any atom is -0.449 e. The summed E-state index contributed by atoms with van der Waals surface area (Å²) in [5.41, 5.74) is 7.13. The summed E-state index contributed by atoms with van der Waals surface area (Å²) < 4.78 is 9.94. The van der Waals surface area contributed by atoms with Crippen molar-refractivity contribution in [3.63, 3.8) is 0 Å². The predicted octanol–water partition coefficient (Wildman–Crippen LogP) is 1.72. The fourth-order valence-corrected chi connectivity index (χ4v) is 1.20. The number of benzene rings is 1. The molecule has 2 aromatic rings. The smallest absolute Gasteiger partial charge is 0.417 e. The Hall–Kier alpha value is -2.04. The summed E-state index contributed by atoms with van der Waals surface area (Å²) in [5, 5.41) is 3.77. The number of hydrogen-bond acceptors (Lipinski definition) is 5. The fourth-order valence-electron chi connectivity index (χ4n) is 1.20. The molecule has 0 amide bonds. The predicted molar refractivity (Wildman–Crippen MR) is 55.3 cm³/mol. The highest BCUT2D eigenvalue weighted by atomic mass is 16.6. The Morgan fingerprint density at radius 2 is 2.20 bits per heavy atom. The van der Waals surface area contributed by atoms with Gasteiger partial charge < -0.3 is 10.5 Å². The van der Waals surface area contributed by atoms with Crippen molar-refractivity contribution in [2.24, 2.45) is 0 Å². The second kappa shape index (κ2) is 4.00. The Morgan fingerprint density at radius 1 is 1.40 bits per heavy atom. The quantitative estimate of drug-likeness (QED) is 0.772. The summed E-state index contributed by atoms with van der Waals surface area (Å²) in [5.74, 6) is 0.441. The van der Waals surface area contributed by atoms with E-state index in [4.69, 9.17) is 15.0 Å². The highest BCUT2D eigenvalue weighted by molar-refractivity contribution is 5.70. The molecule has 0 atom stereocenters. The molecule has 0 bridgehead atoms. The number of hydrogen-bond donors (Lipinski definition) is 1. The van der Waals surface area contributed by atoms with E-state index in [9.17, 15) is 0 Å². The molecule has 0 unspecified atom stereocenters. The number of nitrogens with two attached hydrogens (primary N) is 1. The van der Waals surface area contributed by atoms with Gasteiger partial charge in [-0.1, -0.05) is 17.3 Å². The molecule has 2 N–H and O–H groups in total. The van der Waals surface area contributed by atoms with Crippen molar-refractivity contribution < 1.29 is 9.26 Å². The van der Waals surface area contributed by atoms with E-state index in [0.717, 1.165) is 5.56 Å². The van der Waals surface area contributed by atoms with Crippen LogP contribution in [0.3, 0.4) is 0 Å². The average Bonchev–Trinajstić information content (AvgIpc) is 2.68. The van der Waals surface area contributed by atoms with Crippen molar-refractivity contribution in [3.8, 4) is 17.5 Å². The lowest BCUT2D eigenvalue weighted by molar-refractivity contribution is 0.215. The van der Waals surface area contributed by atoms with Gasteiger partial charge in [0.05, 0.1) is 6.61 Å². The summed E-state index contributed by atoms with van der Waals surface area (Å²) >= 11 is 0. The van der Waals surface area contributed by atoms with Gasteiger partial charge in [-0.3, -0.25) is 4.52 Å². The van der Waals surface area contributed by atoms with Crippen LogP contribution >= 0.6 is 0 Å². The lowest BCUT2D eigenvalue weighted by atomic mass is 10.2. The van der Waals surface area contributed by atoms with Crippen LogP contribution in [-0.4, -0.2) is 16.7 Å². The van der Waals surface area contributed by atoms with Gasteiger partial charge in [-0.25, -0.2) is 0 Å². The Morgan fingerprint density at radius 3 is 2.93 bits per heavy atom. The number of nitrogens with zero attached hydrogens (tertiary/aromatic N) is 2. The van der Waals surface area contributed by atoms with E-state index < -0.39 is 0 Å². The molecule has 1 aromatic carbocycles. The summed E-state index contributed by atoms with van der Waals surface area (Å²) in [6.07, 6.45) is 0.163. The van der Waals surface area contributed by atoms with Gasteiger partial charge in [0, 0.05) is 11.3 Å². The fraction of sp³-hybridized carbons (Fsp3) is 0.200. The van der Waals surface area contributed by atoms with Gasteiger partial charge in [0.1, 0.15) is 0 Å². The zero-order chi connectivity index (χ0) is 10.7. The topological polar surface area (TPSA) is 74.2 Å². The molecule has 5 heteroatoms. The highest BCUT2D eigenvalue weighted by Gasteiger charge is 2.10. The molecular formula is C10H11N3O2. The number of para-hydroxylation sites is 1. The van der Waals surface area contributed by atoms with Crippen molar-refractivity contribution in [2.45, 2.75) is 6.92 Å². The zero-order valence-electron chi connectivity index (χ0n) is 8.30. The van der Waals surface area contributed by atoms with Gasteiger partial charge in [0.15, 0.2) is 0 Å². The second-order valence-electron chi connectivity index (χ2n) is 2.90. The van der Waals surface area contributed by atoms with Gasteiger partial charge >= 0.3 is 6.08 Å². The summed E-state index contributed by atoms with van der Waals surface area (Å²) in [6.45, 7) is 2.34. The first-order chi connectivity index (χ1) is 7.31. The van der Waals surface area contributed by atoms with E-state index in [2.05, 4.69) is 10.1 Å². The summed E-state index contributed by atoms with van der Waals surface area (Å²) in [6, 6.07) is 7.33. The number of nitrogen functional groups attached to an aromatic ring is 1. The van der Waals surface area contributed by atoms with E-state index in [1.165, 1.54) is 0 Å². The molecule has 2 rings (SSSR count). The average molecular weight is 205 g/mol. The molecule has 1 heterocycles. The van der Waals surface area contributed by atoms with Gasteiger partial charge in [-0.15, -0.1) is 0 Å². The number of rotatable bonds is 3. The third-order valence-electron chi connectivity index (χ3n) is 1.88. The normalized spacial score (nSPS) is 10.2. The van der Waals surface area contributed by atoms with Crippen LogP contribution in [0.5, 0.6) is 6.08 Å². The van der Waals surface area contributed by atoms with E-state index in [1.807, 2.05) is 25.1 Å². The Kier molecular flexibility index (Phi) is 2.53. The molecular weight excluding hydrogens is 194 g/mol. The van der Waals surface area contributed by atoms with Crippen LogP contribution < -0.4 is 10.5 Å². The number of aromatic nitrogens is 2. The number of anilines is 1. The summed E-state index contributed by atoms with van der Waals surface area (Å²) in [7, 11) is 0. The van der Waals surface area contributed by atoms with Crippen LogP contribution in [0, 0.1) is 0 Å². The first kappa shape index (κ1) is 9.51. The molecule has 1 aromatic heterocycles. The maximum Gasteiger partial charge on any atom is 0.417 e. The molecule has 0 aliphatic rings. The van der Waals surface area contributed by atoms with Crippen molar-refractivity contribution in [1.82, 2.24) is 10.1 Å². The molecule has 78 valence electrons. The molecule has 0 aliphatic carbocycles. The minimum absolute atomic E-state index is 0.163. The molecule has 0 spiro atoms. The van der Waals surface area contributed by atoms with Crippen LogP contribution in [0.2, 0.25) is 0 Å². The first-order valence-electron chi connectivity index (χ1n) is 4.62. The second-order valence-corrected chi connectivity index (χ2v) is 2.90. The maximum absolute atomic E-state index is 5.77. The third-order valence-corrected chi connectivity index (χ3v) is 1.88. The minimum atomic E-state index is 0.163. The standard InChI is InChI=1S/C10H11N3O2/c1-2-14-10-12-9(13-15-10)7-5-3-4-6-8(7)11/h3-6H,2,11H2,1H3. The SMILES string of the molecule is CCOc1nc(-c2ccccc2N)no1. The van der Waals surface area contributed by atoms with Gasteiger partial charge in [0.2, 0.25) is 5.82 Å². The third kappa shape index (κ3) is 1.90. The molecule has 0 saturated heterocycles. The van der Waals surface area contributed by atoms with Crippen LogP contribution in [0.15, 0.2) is 28.8 Å². The van der Waals surface area contributed by atoms with E-state index >= 15 is 0 Å². The molecule has 15 heavy (non-hydrogen) atoms. The van der Waals surface area contributed by atoms with Crippen LogP contribution in [0.25, 0.3) is 11.4 Å². The van der Waals surface area contributed by atoms with Crippen LogP contribution in [0.1, 0.15) is 6.92 Å². The van der Waals surface area contributed by atoms with Gasteiger partial charge in [-0.2, -0.15) is 4.98 Å². The van der Waals surface area contributed by atoms with Crippen molar-refractivity contribution in [3.05, 3.63) is 24.3 Å². The van der Waals surface area contributed by atoms with Gasteiger partial charge in [0.25, 0.3) is 0 Å². The molecule has 0 saturated carbocycles. The zero-order valence-corrected chi connectivity index (χ0v) is 8.30. The van der Waals surface area contributed by atoms with Crippen molar-refractivity contribution in [1.29, 1.82) is 0 Å². The van der Waals surface area contributed by atoms with Gasteiger partial charge in [-0.05, 0) is 19.1 Å². The monoisotopic (exact) mass is 205 g/mol. The van der Waals surface area contributed by atoms with Crippen LogP contribution in [0.4, 0.5) is 5.69 Å². The van der Waals surface area contributed by atoms with E-state index in [1.54, 1.807) is 6.07 Å². The Bertz CT molecular complexity index is 453. The van der Waals surface area contributed by atoms with E-state index in [0.29, 0.717) is 18.1 Å². The lowest BCUT2D eigenvalue weighted by Crippen LogP contribution is -1.92. The maximum atomic E-state index is 5.77. The summed E-state index contributed by atoms with van der Waals surface area (Å²) in [4.78, 5) is 4.05. The van der Waals surface area contributed by atoms with Crippen molar-refractivity contribution in [2.75, 3.05) is 12.3 Å². The molecule has 0 fully saturated rings. The largest absolute Gasteiger partial charge is 0.449 e. The van der Waals surface area contributed by atoms with E-state index in [-0.39, 0.29) is 6.08 Å². The van der Waals surface area contributed by atoms with Crippen molar-refractivity contribution >= 4 is 5.69 Å². The van der Waals surface area contributed by atoms with Crippen LogP contribution in [-0.2, 0) is 0 Å². The molecule has 0 radical (unpaired) electrons. The Labute approximate surface area is 86.9 Å². The molecule has 0 aliphatic heterocycles. The lowest BCUT2D eigenvalue weighted by Gasteiger charge is -1.97. The number of ether oxygens (including phenoxy) is 1. The highest BCUT2D eigenvalue weighted by Crippen LogP contribution is 2.23. The molecule has 5 nitrogen and oxygen atoms in total.